The van der Waals surface area contributed by atoms with Gasteiger partial charge in [0.05, 0.1) is 5.69 Å². The van der Waals surface area contributed by atoms with Crippen LogP contribution in [-0.2, 0) is 9.53 Å². The number of amides is 1. The van der Waals surface area contributed by atoms with Crippen LogP contribution in [0, 0.1) is 0 Å². The van der Waals surface area contributed by atoms with E-state index >= 15 is 0 Å². The average Bonchev–Trinajstić information content (AvgIpc) is 2.26. The molecule has 1 aromatic carbocycles. The molecule has 0 aliphatic heterocycles. The van der Waals surface area contributed by atoms with Crippen LogP contribution < -0.4 is 5.32 Å². The predicted molar refractivity (Wildman–Crippen MR) is 78.0 cm³/mol. The van der Waals surface area contributed by atoms with Gasteiger partial charge in [0.15, 0.2) is 0 Å². The number of hydrogen-bond acceptors (Lipinski definition) is 3. The summed E-state index contributed by atoms with van der Waals surface area (Å²) in [6.45, 7) is 5.25. The van der Waals surface area contributed by atoms with Crippen molar-refractivity contribution in [1.82, 2.24) is 0 Å². The van der Waals surface area contributed by atoms with E-state index in [-0.39, 0.29) is 0 Å². The lowest BCUT2D eigenvalue weighted by Gasteiger charge is -2.20. The van der Waals surface area contributed by atoms with Crippen molar-refractivity contribution in [1.29, 1.82) is 0 Å². The fourth-order valence-corrected chi connectivity index (χ4v) is 1.54. The molecule has 1 aromatic rings. The average molecular weight is 298 g/mol. The Bertz CT molecular complexity index is 547. The number of carboxylic acid groups (broad SMARTS) is 1. The van der Waals surface area contributed by atoms with E-state index < -0.39 is 17.7 Å². The van der Waals surface area contributed by atoms with E-state index in [1.165, 1.54) is 6.08 Å². The number of carbonyl (C=O) groups is 2. The molecule has 0 spiro atoms. The van der Waals surface area contributed by atoms with Crippen molar-refractivity contribution in [3.8, 4) is 0 Å². The number of benzene rings is 1. The fourth-order valence-electron chi connectivity index (χ4n) is 1.36. The van der Waals surface area contributed by atoms with Gasteiger partial charge in [-0.25, -0.2) is 9.59 Å². The minimum atomic E-state index is -1.09. The standard InChI is InChI=1S/C14H16ClNO4/c1-14(2,3)20-13(19)16-11-6-5-10(15)8-9(11)4-7-12(17)18/h4-8H,1-3H3,(H,16,19)(H,17,18). The number of ether oxygens (including phenoxy) is 1. The van der Waals surface area contributed by atoms with Crippen molar-refractivity contribution >= 4 is 35.4 Å². The van der Waals surface area contributed by atoms with Crippen LogP contribution in [0.3, 0.4) is 0 Å². The lowest BCUT2D eigenvalue weighted by Crippen LogP contribution is -2.27. The molecule has 0 atom stereocenters. The smallest absolute Gasteiger partial charge is 0.412 e. The van der Waals surface area contributed by atoms with Gasteiger partial charge in [-0.1, -0.05) is 11.6 Å². The van der Waals surface area contributed by atoms with Gasteiger partial charge < -0.3 is 9.84 Å². The first-order valence-electron chi connectivity index (χ1n) is 5.88. The van der Waals surface area contributed by atoms with E-state index in [1.807, 2.05) is 0 Å². The van der Waals surface area contributed by atoms with Gasteiger partial charge in [0.1, 0.15) is 5.60 Å². The number of rotatable bonds is 3. The number of nitrogens with one attached hydrogen (secondary N) is 1. The van der Waals surface area contributed by atoms with Crippen molar-refractivity contribution in [3.05, 3.63) is 34.9 Å². The van der Waals surface area contributed by atoms with E-state index in [2.05, 4.69) is 5.32 Å². The summed E-state index contributed by atoms with van der Waals surface area (Å²) < 4.78 is 5.13. The monoisotopic (exact) mass is 297 g/mol. The Hall–Kier alpha value is -2.01. The molecular weight excluding hydrogens is 282 g/mol. The molecule has 0 aliphatic carbocycles. The maximum atomic E-state index is 11.7. The molecule has 20 heavy (non-hydrogen) atoms. The molecule has 5 nitrogen and oxygen atoms in total. The molecule has 6 heteroatoms. The lowest BCUT2D eigenvalue weighted by atomic mass is 10.1. The van der Waals surface area contributed by atoms with E-state index in [1.54, 1.807) is 39.0 Å². The Morgan fingerprint density at radius 3 is 2.55 bits per heavy atom. The number of hydrogen-bond donors (Lipinski definition) is 2. The van der Waals surface area contributed by atoms with Crippen LogP contribution in [0.15, 0.2) is 24.3 Å². The first-order chi connectivity index (χ1) is 9.17. The van der Waals surface area contributed by atoms with Crippen LogP contribution in [0.1, 0.15) is 26.3 Å². The second-order valence-corrected chi connectivity index (χ2v) is 5.47. The van der Waals surface area contributed by atoms with Crippen molar-refractivity contribution < 1.29 is 19.4 Å². The summed E-state index contributed by atoms with van der Waals surface area (Å²) in [7, 11) is 0. The third-order valence-corrected chi connectivity index (χ3v) is 2.29. The fraction of sp³-hybridized carbons (Fsp3) is 0.286. The highest BCUT2D eigenvalue weighted by molar-refractivity contribution is 6.30. The predicted octanol–water partition coefficient (Wildman–Crippen LogP) is 3.78. The summed E-state index contributed by atoms with van der Waals surface area (Å²) in [6.07, 6.45) is 1.69. The minimum absolute atomic E-state index is 0.418. The van der Waals surface area contributed by atoms with Crippen LogP contribution in [0.2, 0.25) is 5.02 Å². The number of anilines is 1. The Labute approximate surface area is 122 Å². The first-order valence-corrected chi connectivity index (χ1v) is 6.26. The Kier molecular flexibility index (Phi) is 5.16. The van der Waals surface area contributed by atoms with Gasteiger partial charge in [-0.2, -0.15) is 0 Å². The van der Waals surface area contributed by atoms with Crippen molar-refractivity contribution in [2.75, 3.05) is 5.32 Å². The number of halogens is 1. The zero-order valence-corrected chi connectivity index (χ0v) is 12.2. The molecule has 108 valence electrons. The van der Waals surface area contributed by atoms with Crippen molar-refractivity contribution in [2.45, 2.75) is 26.4 Å². The van der Waals surface area contributed by atoms with Gasteiger partial charge in [0.2, 0.25) is 0 Å². The number of aliphatic carboxylic acids is 1. The van der Waals surface area contributed by atoms with E-state index in [0.29, 0.717) is 16.3 Å². The molecule has 0 radical (unpaired) electrons. The van der Waals surface area contributed by atoms with E-state index in [9.17, 15) is 9.59 Å². The van der Waals surface area contributed by atoms with Crippen LogP contribution in [0.25, 0.3) is 6.08 Å². The first kappa shape index (κ1) is 16.0. The topological polar surface area (TPSA) is 75.6 Å². The number of carbonyl (C=O) groups excluding carboxylic acids is 1. The maximum Gasteiger partial charge on any atom is 0.412 e. The SMILES string of the molecule is CC(C)(C)OC(=O)Nc1ccc(Cl)cc1C=CC(=O)O. The van der Waals surface area contributed by atoms with Crippen LogP contribution in [0.5, 0.6) is 0 Å². The quantitative estimate of drug-likeness (QED) is 0.832. The summed E-state index contributed by atoms with van der Waals surface area (Å²) in [5.74, 6) is -1.09. The maximum absolute atomic E-state index is 11.7. The lowest BCUT2D eigenvalue weighted by molar-refractivity contribution is -0.131. The second kappa shape index (κ2) is 6.43. The van der Waals surface area contributed by atoms with Crippen LogP contribution in [0.4, 0.5) is 10.5 Å². The van der Waals surface area contributed by atoms with Crippen LogP contribution in [-0.4, -0.2) is 22.8 Å². The highest BCUT2D eigenvalue weighted by Crippen LogP contribution is 2.23. The zero-order chi connectivity index (χ0) is 15.3. The molecule has 0 saturated carbocycles. The van der Waals surface area contributed by atoms with Gasteiger partial charge >= 0.3 is 12.1 Å². The Balaban J connectivity index is 2.94. The highest BCUT2D eigenvalue weighted by Gasteiger charge is 2.17. The summed E-state index contributed by atoms with van der Waals surface area (Å²) in [5.41, 5.74) is 0.278. The van der Waals surface area contributed by atoms with Crippen molar-refractivity contribution in [2.24, 2.45) is 0 Å². The molecule has 0 heterocycles. The summed E-state index contributed by atoms with van der Waals surface area (Å²) in [4.78, 5) is 22.2. The molecule has 0 fully saturated rings. The van der Waals surface area contributed by atoms with Gasteiger partial charge in [-0.05, 0) is 50.6 Å². The van der Waals surface area contributed by atoms with Crippen molar-refractivity contribution in [3.63, 3.8) is 0 Å². The Morgan fingerprint density at radius 1 is 1.35 bits per heavy atom. The van der Waals surface area contributed by atoms with Gasteiger partial charge in [-0.3, -0.25) is 5.32 Å². The molecule has 0 saturated heterocycles. The molecule has 0 bridgehead atoms. The third-order valence-electron chi connectivity index (χ3n) is 2.05. The molecule has 2 N–H and O–H groups in total. The molecule has 1 rings (SSSR count). The van der Waals surface area contributed by atoms with Gasteiger partial charge in [0.25, 0.3) is 0 Å². The molecule has 0 unspecified atom stereocenters. The summed E-state index contributed by atoms with van der Waals surface area (Å²) in [6, 6.07) is 4.72. The van der Waals surface area contributed by atoms with E-state index in [0.717, 1.165) is 6.08 Å². The zero-order valence-electron chi connectivity index (χ0n) is 11.4. The summed E-state index contributed by atoms with van der Waals surface area (Å²) >= 11 is 5.85. The van der Waals surface area contributed by atoms with Crippen LogP contribution >= 0.6 is 11.6 Å². The third kappa shape index (κ3) is 5.75. The van der Waals surface area contributed by atoms with Gasteiger partial charge in [-0.15, -0.1) is 0 Å². The van der Waals surface area contributed by atoms with Gasteiger partial charge in [0, 0.05) is 11.1 Å². The number of carboxylic acids is 1. The highest BCUT2D eigenvalue weighted by atomic mass is 35.5. The molecular formula is C14H16ClNO4. The largest absolute Gasteiger partial charge is 0.478 e. The van der Waals surface area contributed by atoms with E-state index in [4.69, 9.17) is 21.4 Å². The molecule has 0 aromatic heterocycles. The molecule has 0 aliphatic rings. The Morgan fingerprint density at radius 2 is 2.00 bits per heavy atom. The normalized spacial score (nSPS) is 11.4. The molecule has 1 amide bonds. The summed E-state index contributed by atoms with van der Waals surface area (Å²) in [5, 5.41) is 11.6. The second-order valence-electron chi connectivity index (χ2n) is 5.03. The minimum Gasteiger partial charge on any atom is -0.478 e.